The molecule has 0 aromatic heterocycles. The average Bonchev–Trinajstić information content (AvgIpc) is 2.29. The Kier molecular flexibility index (Phi) is 6.42. The van der Waals surface area contributed by atoms with Crippen molar-refractivity contribution in [3.8, 4) is 5.75 Å². The first-order valence-corrected chi connectivity index (χ1v) is 5.04. The van der Waals surface area contributed by atoms with E-state index in [2.05, 4.69) is 9.89 Å². The third-order valence-electron chi connectivity index (χ3n) is 1.41. The summed E-state index contributed by atoms with van der Waals surface area (Å²) in [6, 6.07) is 4.61. The predicted molar refractivity (Wildman–Crippen MR) is 58.6 cm³/mol. The number of halogens is 4. The number of rotatable bonds is 2. The smallest absolute Gasteiger partial charge is 0.410 e. The van der Waals surface area contributed by atoms with Crippen molar-refractivity contribution in [2.75, 3.05) is 0 Å². The molecule has 1 rings (SSSR count). The summed E-state index contributed by atoms with van der Waals surface area (Å²) in [5, 5.41) is 10.8. The standard InChI is InChI=1S/C8H5ClF3NO2.C2H6/c9-7(13-14)5-1-3-6(4-2-5)15-8(10,11)12;1-2/h1-4,14H;1-2H3/b13-7-;. The van der Waals surface area contributed by atoms with Crippen molar-refractivity contribution in [1.82, 2.24) is 0 Å². The first-order chi connectivity index (χ1) is 7.92. The minimum absolute atomic E-state index is 0.214. The van der Waals surface area contributed by atoms with Crippen molar-refractivity contribution in [3.63, 3.8) is 0 Å². The second kappa shape index (κ2) is 7.01. The molecule has 0 bridgehead atoms. The summed E-state index contributed by atoms with van der Waals surface area (Å²) in [7, 11) is 0. The summed E-state index contributed by atoms with van der Waals surface area (Å²) in [4.78, 5) is 0. The van der Waals surface area contributed by atoms with E-state index in [-0.39, 0.29) is 16.5 Å². The van der Waals surface area contributed by atoms with E-state index in [0.29, 0.717) is 0 Å². The van der Waals surface area contributed by atoms with Crippen molar-refractivity contribution < 1.29 is 23.1 Å². The first kappa shape index (κ1) is 15.6. The maximum atomic E-state index is 11.8. The van der Waals surface area contributed by atoms with Crippen LogP contribution >= 0.6 is 11.6 Å². The van der Waals surface area contributed by atoms with Crippen LogP contribution in [0.2, 0.25) is 0 Å². The highest BCUT2D eigenvalue weighted by atomic mass is 35.5. The van der Waals surface area contributed by atoms with Gasteiger partial charge in [0, 0.05) is 5.56 Å². The van der Waals surface area contributed by atoms with Gasteiger partial charge in [0.15, 0.2) is 5.17 Å². The van der Waals surface area contributed by atoms with Gasteiger partial charge in [-0.3, -0.25) is 0 Å². The molecule has 0 aliphatic heterocycles. The van der Waals surface area contributed by atoms with E-state index in [1.807, 2.05) is 13.8 Å². The maximum absolute atomic E-state index is 11.8. The van der Waals surface area contributed by atoms with Crippen molar-refractivity contribution >= 4 is 16.8 Å². The van der Waals surface area contributed by atoms with Gasteiger partial charge in [-0.2, -0.15) is 0 Å². The van der Waals surface area contributed by atoms with Crippen molar-refractivity contribution in [2.45, 2.75) is 20.2 Å². The van der Waals surface area contributed by atoms with Crippen LogP contribution in [0.4, 0.5) is 13.2 Å². The molecule has 0 saturated carbocycles. The van der Waals surface area contributed by atoms with Gasteiger partial charge in [-0.25, -0.2) is 0 Å². The molecule has 0 unspecified atom stereocenters. The van der Waals surface area contributed by atoms with Crippen LogP contribution in [0.25, 0.3) is 0 Å². The lowest BCUT2D eigenvalue weighted by atomic mass is 10.2. The zero-order chi connectivity index (χ0) is 13.5. The van der Waals surface area contributed by atoms with E-state index < -0.39 is 6.36 Å². The summed E-state index contributed by atoms with van der Waals surface area (Å²) in [6.07, 6.45) is -4.73. The molecule has 0 radical (unpaired) electrons. The van der Waals surface area contributed by atoms with Crippen LogP contribution in [0, 0.1) is 0 Å². The highest BCUT2D eigenvalue weighted by molar-refractivity contribution is 6.69. The highest BCUT2D eigenvalue weighted by Gasteiger charge is 2.30. The Bertz CT molecular complexity index is 363. The summed E-state index contributed by atoms with van der Waals surface area (Å²) >= 11 is 5.41. The van der Waals surface area contributed by atoms with Crippen molar-refractivity contribution in [1.29, 1.82) is 0 Å². The SMILES string of the molecule is CC.O/N=C(\Cl)c1ccc(OC(F)(F)F)cc1. The molecule has 0 fully saturated rings. The fraction of sp³-hybridized carbons (Fsp3) is 0.300. The molecule has 0 spiro atoms. The molecular formula is C10H11ClF3NO2. The fourth-order valence-electron chi connectivity index (χ4n) is 0.852. The van der Waals surface area contributed by atoms with Crippen molar-refractivity contribution in [2.24, 2.45) is 5.16 Å². The minimum Gasteiger partial charge on any atom is -0.410 e. The first-order valence-electron chi connectivity index (χ1n) is 4.66. The van der Waals surface area contributed by atoms with Gasteiger partial charge in [0.2, 0.25) is 0 Å². The van der Waals surface area contributed by atoms with Crippen LogP contribution in [-0.4, -0.2) is 16.7 Å². The second-order valence-corrected chi connectivity index (χ2v) is 2.82. The summed E-state index contributed by atoms with van der Waals surface area (Å²) < 4.78 is 38.9. The Morgan fingerprint density at radius 2 is 1.71 bits per heavy atom. The molecule has 0 amide bonds. The van der Waals surface area contributed by atoms with Gasteiger partial charge in [0.1, 0.15) is 5.75 Å². The van der Waals surface area contributed by atoms with Crippen molar-refractivity contribution in [3.05, 3.63) is 29.8 Å². The molecule has 0 atom stereocenters. The van der Waals surface area contributed by atoms with Crippen LogP contribution in [0.15, 0.2) is 29.4 Å². The van der Waals surface area contributed by atoms with E-state index in [4.69, 9.17) is 16.8 Å². The van der Waals surface area contributed by atoms with Crippen LogP contribution < -0.4 is 4.74 Å². The molecule has 0 aliphatic rings. The van der Waals surface area contributed by atoms with Gasteiger partial charge in [0.05, 0.1) is 0 Å². The Morgan fingerprint density at radius 1 is 1.24 bits per heavy atom. The fourth-order valence-corrected chi connectivity index (χ4v) is 0.978. The summed E-state index contributed by atoms with van der Waals surface area (Å²) in [6.45, 7) is 4.00. The number of ether oxygens (including phenoxy) is 1. The number of hydrogen-bond acceptors (Lipinski definition) is 3. The van der Waals surface area contributed by atoms with E-state index in [1.54, 1.807) is 0 Å². The Balaban J connectivity index is 0.00000121. The third kappa shape index (κ3) is 6.01. The molecule has 7 heteroatoms. The maximum Gasteiger partial charge on any atom is 0.573 e. The van der Waals surface area contributed by atoms with E-state index in [0.717, 1.165) is 12.1 Å². The molecular weight excluding hydrogens is 259 g/mol. The lowest BCUT2D eigenvalue weighted by molar-refractivity contribution is -0.274. The molecule has 0 heterocycles. The molecule has 1 aromatic carbocycles. The van der Waals surface area contributed by atoms with Gasteiger partial charge >= 0.3 is 6.36 Å². The van der Waals surface area contributed by atoms with E-state index in [1.165, 1.54) is 12.1 Å². The van der Waals surface area contributed by atoms with Gasteiger partial charge < -0.3 is 9.94 Å². The Labute approximate surface area is 101 Å². The zero-order valence-corrected chi connectivity index (χ0v) is 9.88. The highest BCUT2D eigenvalue weighted by Crippen LogP contribution is 2.23. The van der Waals surface area contributed by atoms with E-state index in [9.17, 15) is 13.2 Å². The molecule has 0 saturated heterocycles. The largest absolute Gasteiger partial charge is 0.573 e. The topological polar surface area (TPSA) is 41.8 Å². The number of nitrogens with zero attached hydrogens (tertiary/aromatic N) is 1. The molecule has 17 heavy (non-hydrogen) atoms. The molecule has 96 valence electrons. The van der Waals surface area contributed by atoms with Crippen LogP contribution in [0.5, 0.6) is 5.75 Å². The average molecular weight is 270 g/mol. The lowest BCUT2D eigenvalue weighted by Gasteiger charge is -2.08. The number of oxime groups is 1. The van der Waals surface area contributed by atoms with Gasteiger partial charge in [-0.1, -0.05) is 30.6 Å². The van der Waals surface area contributed by atoms with Crippen LogP contribution in [0.3, 0.4) is 0 Å². The third-order valence-corrected chi connectivity index (χ3v) is 1.71. The second-order valence-electron chi connectivity index (χ2n) is 2.46. The Morgan fingerprint density at radius 3 is 2.06 bits per heavy atom. The van der Waals surface area contributed by atoms with Gasteiger partial charge in [0.25, 0.3) is 0 Å². The number of benzene rings is 1. The molecule has 1 aromatic rings. The number of alkyl halides is 3. The predicted octanol–water partition coefficient (Wildman–Crippen LogP) is 3.99. The van der Waals surface area contributed by atoms with Crippen LogP contribution in [-0.2, 0) is 0 Å². The minimum atomic E-state index is -4.73. The quantitative estimate of drug-likeness (QED) is 0.501. The van der Waals surface area contributed by atoms with Gasteiger partial charge in [-0.15, -0.1) is 13.2 Å². The Hall–Kier alpha value is -1.43. The van der Waals surface area contributed by atoms with E-state index >= 15 is 0 Å². The lowest BCUT2D eigenvalue weighted by Crippen LogP contribution is -2.17. The molecule has 0 aliphatic carbocycles. The summed E-state index contributed by atoms with van der Waals surface area (Å²) in [5.41, 5.74) is 0.286. The van der Waals surface area contributed by atoms with Crippen LogP contribution in [0.1, 0.15) is 19.4 Å². The molecule has 3 nitrogen and oxygen atoms in total. The number of hydrogen-bond donors (Lipinski definition) is 1. The van der Waals surface area contributed by atoms with Gasteiger partial charge in [-0.05, 0) is 24.3 Å². The summed E-state index contributed by atoms with van der Waals surface area (Å²) in [5.74, 6) is -0.367. The zero-order valence-electron chi connectivity index (χ0n) is 9.12. The normalized spacial score (nSPS) is 11.5. The monoisotopic (exact) mass is 269 g/mol. The molecule has 1 N–H and O–H groups in total.